The van der Waals surface area contributed by atoms with Crippen LogP contribution < -0.4 is 0 Å². The second kappa shape index (κ2) is 5.66. The van der Waals surface area contributed by atoms with Crippen molar-refractivity contribution in [2.24, 2.45) is 5.92 Å². The van der Waals surface area contributed by atoms with Gasteiger partial charge in [-0.15, -0.1) is 5.10 Å². The van der Waals surface area contributed by atoms with Gasteiger partial charge in [-0.3, -0.25) is 4.79 Å². The van der Waals surface area contributed by atoms with Crippen molar-refractivity contribution < 1.29 is 9.90 Å². The molecule has 100 valence electrons. The van der Waals surface area contributed by atoms with Crippen LogP contribution in [0, 0.1) is 5.92 Å². The Morgan fingerprint density at radius 1 is 1.58 bits per heavy atom. The summed E-state index contributed by atoms with van der Waals surface area (Å²) in [5.74, 6) is -0.956. The molecule has 0 bridgehead atoms. The smallest absolute Gasteiger partial charge is 0.308 e. The molecule has 0 fully saturated rings. The lowest BCUT2D eigenvalue weighted by molar-refractivity contribution is -0.141. The van der Waals surface area contributed by atoms with E-state index in [1.54, 1.807) is 25.1 Å². The molecule has 2 rings (SSSR count). The highest BCUT2D eigenvalue weighted by Gasteiger charge is 2.17. The standard InChI is InChI=1S/C11H10BrClN4O2/c1-6(11(18)19)5-17-10(14-15-16-17)7-2-3-9(13)8(12)4-7/h2-4,6H,5H2,1H3,(H,18,19). The number of nitrogens with zero attached hydrogens (tertiary/aromatic N) is 4. The van der Waals surface area contributed by atoms with Gasteiger partial charge in [0.05, 0.1) is 17.5 Å². The highest BCUT2D eigenvalue weighted by molar-refractivity contribution is 9.10. The second-order valence-electron chi connectivity index (χ2n) is 4.05. The van der Waals surface area contributed by atoms with Crippen LogP contribution in [-0.2, 0) is 11.3 Å². The van der Waals surface area contributed by atoms with Crippen LogP contribution in [-0.4, -0.2) is 31.3 Å². The quantitative estimate of drug-likeness (QED) is 0.920. The Morgan fingerprint density at radius 2 is 2.32 bits per heavy atom. The van der Waals surface area contributed by atoms with Gasteiger partial charge in [0, 0.05) is 10.0 Å². The molecular formula is C11H10BrClN4O2. The third-order valence-corrected chi connectivity index (χ3v) is 3.79. The maximum atomic E-state index is 10.9. The van der Waals surface area contributed by atoms with Gasteiger partial charge in [-0.05, 0) is 44.6 Å². The summed E-state index contributed by atoms with van der Waals surface area (Å²) >= 11 is 9.25. The lowest BCUT2D eigenvalue weighted by Gasteiger charge is -2.08. The number of hydrogen-bond donors (Lipinski definition) is 1. The molecule has 0 aliphatic heterocycles. The molecular weight excluding hydrogens is 336 g/mol. The second-order valence-corrected chi connectivity index (χ2v) is 5.31. The molecule has 19 heavy (non-hydrogen) atoms. The fraction of sp³-hybridized carbons (Fsp3) is 0.273. The van der Waals surface area contributed by atoms with Gasteiger partial charge >= 0.3 is 5.97 Å². The number of carbonyl (C=O) groups is 1. The Balaban J connectivity index is 2.33. The number of benzene rings is 1. The average molecular weight is 346 g/mol. The summed E-state index contributed by atoms with van der Waals surface area (Å²) in [5.41, 5.74) is 0.763. The molecule has 0 aliphatic rings. The minimum absolute atomic E-state index is 0.206. The first-order chi connectivity index (χ1) is 8.99. The van der Waals surface area contributed by atoms with Crippen LogP contribution in [0.5, 0.6) is 0 Å². The van der Waals surface area contributed by atoms with E-state index in [0.29, 0.717) is 10.8 Å². The number of halogens is 2. The van der Waals surface area contributed by atoms with E-state index >= 15 is 0 Å². The van der Waals surface area contributed by atoms with Gasteiger partial charge in [-0.2, -0.15) is 0 Å². The van der Waals surface area contributed by atoms with E-state index in [4.69, 9.17) is 16.7 Å². The molecule has 2 aromatic rings. The van der Waals surface area contributed by atoms with Crippen molar-refractivity contribution in [2.45, 2.75) is 13.5 Å². The molecule has 1 N–H and O–H groups in total. The van der Waals surface area contributed by atoms with Gasteiger partial charge in [0.15, 0.2) is 5.82 Å². The highest BCUT2D eigenvalue weighted by atomic mass is 79.9. The Kier molecular flexibility index (Phi) is 4.16. The fourth-order valence-corrected chi connectivity index (χ4v) is 2.00. The molecule has 0 radical (unpaired) electrons. The first kappa shape index (κ1) is 14.0. The van der Waals surface area contributed by atoms with Gasteiger partial charge < -0.3 is 5.11 Å². The van der Waals surface area contributed by atoms with E-state index < -0.39 is 11.9 Å². The molecule has 1 aromatic carbocycles. The van der Waals surface area contributed by atoms with E-state index in [1.165, 1.54) is 4.68 Å². The number of rotatable bonds is 4. The Morgan fingerprint density at radius 3 is 2.95 bits per heavy atom. The molecule has 0 spiro atoms. The number of aliphatic carboxylic acids is 1. The summed E-state index contributed by atoms with van der Waals surface area (Å²) in [5, 5.41) is 20.8. The molecule has 6 nitrogen and oxygen atoms in total. The molecule has 0 amide bonds. The van der Waals surface area contributed by atoms with Gasteiger partial charge in [0.25, 0.3) is 0 Å². The summed E-state index contributed by atoms with van der Waals surface area (Å²) in [6, 6.07) is 5.29. The van der Waals surface area contributed by atoms with Gasteiger partial charge in [0.2, 0.25) is 0 Å². The lowest BCUT2D eigenvalue weighted by Crippen LogP contribution is -2.18. The largest absolute Gasteiger partial charge is 0.481 e. The third kappa shape index (κ3) is 3.10. The molecule has 0 saturated carbocycles. The summed E-state index contributed by atoms with van der Waals surface area (Å²) in [4.78, 5) is 10.9. The average Bonchev–Trinajstić information content (AvgIpc) is 2.80. The molecule has 0 aliphatic carbocycles. The van der Waals surface area contributed by atoms with Crippen LogP contribution in [0.25, 0.3) is 11.4 Å². The first-order valence-electron chi connectivity index (χ1n) is 5.43. The van der Waals surface area contributed by atoms with Crippen LogP contribution in [0.2, 0.25) is 5.02 Å². The zero-order valence-corrected chi connectivity index (χ0v) is 12.3. The van der Waals surface area contributed by atoms with Crippen molar-refractivity contribution >= 4 is 33.5 Å². The molecule has 1 aromatic heterocycles. The Hall–Kier alpha value is -1.47. The zero-order valence-electron chi connectivity index (χ0n) is 9.92. The van der Waals surface area contributed by atoms with Crippen molar-refractivity contribution in [1.29, 1.82) is 0 Å². The van der Waals surface area contributed by atoms with E-state index in [-0.39, 0.29) is 6.54 Å². The van der Waals surface area contributed by atoms with E-state index in [0.717, 1.165) is 10.0 Å². The topological polar surface area (TPSA) is 80.9 Å². The molecule has 0 saturated heterocycles. The van der Waals surface area contributed by atoms with E-state index in [9.17, 15) is 4.79 Å². The fourth-order valence-electron chi connectivity index (χ4n) is 1.51. The predicted molar refractivity (Wildman–Crippen MR) is 72.8 cm³/mol. The number of hydrogen-bond acceptors (Lipinski definition) is 4. The summed E-state index contributed by atoms with van der Waals surface area (Å²) in [7, 11) is 0. The van der Waals surface area contributed by atoms with Crippen molar-refractivity contribution in [3.05, 3.63) is 27.7 Å². The van der Waals surface area contributed by atoms with Crippen LogP contribution in [0.1, 0.15) is 6.92 Å². The first-order valence-corrected chi connectivity index (χ1v) is 6.60. The summed E-state index contributed by atoms with van der Waals surface area (Å²) in [6.07, 6.45) is 0. The van der Waals surface area contributed by atoms with E-state index in [2.05, 4.69) is 31.5 Å². The molecule has 1 heterocycles. The van der Waals surface area contributed by atoms with Crippen LogP contribution >= 0.6 is 27.5 Å². The van der Waals surface area contributed by atoms with Gasteiger partial charge in [0.1, 0.15) is 0 Å². The normalized spacial score (nSPS) is 12.4. The number of carboxylic acids is 1. The Labute approximate surface area is 122 Å². The molecule has 1 unspecified atom stereocenters. The molecule has 1 atom stereocenters. The van der Waals surface area contributed by atoms with E-state index in [1.807, 2.05) is 0 Å². The molecule has 8 heteroatoms. The maximum absolute atomic E-state index is 10.9. The number of aromatic nitrogens is 4. The lowest BCUT2D eigenvalue weighted by atomic mass is 10.1. The van der Waals surface area contributed by atoms with Crippen molar-refractivity contribution in [2.75, 3.05) is 0 Å². The summed E-state index contributed by atoms with van der Waals surface area (Å²) in [6.45, 7) is 1.81. The Bertz CT molecular complexity index is 616. The van der Waals surface area contributed by atoms with Crippen molar-refractivity contribution in [1.82, 2.24) is 20.2 Å². The zero-order chi connectivity index (χ0) is 14.0. The van der Waals surface area contributed by atoms with Crippen LogP contribution in [0.4, 0.5) is 0 Å². The highest BCUT2D eigenvalue weighted by Crippen LogP contribution is 2.27. The van der Waals surface area contributed by atoms with Crippen molar-refractivity contribution in [3.8, 4) is 11.4 Å². The third-order valence-electron chi connectivity index (χ3n) is 2.58. The van der Waals surface area contributed by atoms with Gasteiger partial charge in [-0.25, -0.2) is 4.68 Å². The number of carboxylic acid groups (broad SMARTS) is 1. The van der Waals surface area contributed by atoms with Gasteiger partial charge in [-0.1, -0.05) is 18.5 Å². The minimum atomic E-state index is -0.890. The van der Waals surface area contributed by atoms with Crippen LogP contribution in [0.15, 0.2) is 22.7 Å². The monoisotopic (exact) mass is 344 g/mol. The number of tetrazole rings is 1. The van der Waals surface area contributed by atoms with Crippen molar-refractivity contribution in [3.63, 3.8) is 0 Å². The maximum Gasteiger partial charge on any atom is 0.308 e. The predicted octanol–water partition coefficient (Wildman–Crippen LogP) is 2.48. The SMILES string of the molecule is CC(Cn1nnnc1-c1ccc(Cl)c(Br)c1)C(=O)O. The van der Waals surface area contributed by atoms with Crippen LogP contribution in [0.3, 0.4) is 0 Å². The summed E-state index contributed by atoms with van der Waals surface area (Å²) < 4.78 is 2.20. The minimum Gasteiger partial charge on any atom is -0.481 e.